The SMILES string of the molecule is CCSC1CCCCN(C(=O)C(C)C2CNC2)C1.Cl. The predicted octanol–water partition coefficient (Wildman–Crippen LogP) is 2.40. The first-order valence-electron chi connectivity index (χ1n) is 7.33. The number of hydrogen-bond donors (Lipinski definition) is 1. The Kier molecular flexibility index (Phi) is 7.55. The normalized spacial score (nSPS) is 26.0. The fraction of sp³-hybridized carbons (Fsp3) is 0.929. The molecule has 3 nitrogen and oxygen atoms in total. The number of carbonyl (C=O) groups is 1. The second-order valence-electron chi connectivity index (χ2n) is 5.56. The molecule has 2 atom stereocenters. The number of amides is 1. The van der Waals surface area contributed by atoms with Crippen molar-refractivity contribution < 1.29 is 4.79 Å². The van der Waals surface area contributed by atoms with Gasteiger partial charge >= 0.3 is 0 Å². The first-order valence-corrected chi connectivity index (χ1v) is 8.38. The van der Waals surface area contributed by atoms with Crippen molar-refractivity contribution in [3.63, 3.8) is 0 Å². The van der Waals surface area contributed by atoms with Gasteiger partial charge in [-0.3, -0.25) is 4.79 Å². The molecule has 1 amide bonds. The summed E-state index contributed by atoms with van der Waals surface area (Å²) < 4.78 is 0. The smallest absolute Gasteiger partial charge is 0.225 e. The van der Waals surface area contributed by atoms with Crippen LogP contribution in [0.3, 0.4) is 0 Å². The molecular weight excluding hydrogens is 280 g/mol. The van der Waals surface area contributed by atoms with Crippen molar-refractivity contribution in [2.75, 3.05) is 31.9 Å². The van der Waals surface area contributed by atoms with E-state index in [2.05, 4.69) is 24.1 Å². The average molecular weight is 307 g/mol. The van der Waals surface area contributed by atoms with Crippen molar-refractivity contribution in [2.24, 2.45) is 11.8 Å². The molecule has 0 aliphatic carbocycles. The topological polar surface area (TPSA) is 32.3 Å². The van der Waals surface area contributed by atoms with Crippen LogP contribution in [-0.4, -0.2) is 48.0 Å². The summed E-state index contributed by atoms with van der Waals surface area (Å²) in [5.74, 6) is 2.33. The summed E-state index contributed by atoms with van der Waals surface area (Å²) in [6, 6.07) is 0. The molecule has 2 heterocycles. The second-order valence-corrected chi connectivity index (χ2v) is 7.14. The van der Waals surface area contributed by atoms with Crippen LogP contribution in [0.4, 0.5) is 0 Å². The van der Waals surface area contributed by atoms with E-state index in [1.807, 2.05) is 11.8 Å². The molecule has 0 aromatic heterocycles. The van der Waals surface area contributed by atoms with E-state index < -0.39 is 0 Å². The zero-order valence-corrected chi connectivity index (χ0v) is 13.7. The zero-order valence-electron chi connectivity index (χ0n) is 12.1. The third kappa shape index (κ3) is 4.54. The van der Waals surface area contributed by atoms with Crippen LogP contribution in [0.1, 0.15) is 33.1 Å². The Balaban J connectivity index is 0.00000180. The van der Waals surface area contributed by atoms with Gasteiger partial charge in [0.25, 0.3) is 0 Å². The molecule has 2 unspecified atom stereocenters. The van der Waals surface area contributed by atoms with Crippen LogP contribution in [-0.2, 0) is 4.79 Å². The maximum atomic E-state index is 12.5. The molecule has 0 aromatic rings. The Morgan fingerprint density at radius 3 is 2.74 bits per heavy atom. The van der Waals surface area contributed by atoms with Gasteiger partial charge < -0.3 is 10.2 Å². The van der Waals surface area contributed by atoms with Gasteiger partial charge in [0.2, 0.25) is 5.91 Å². The van der Waals surface area contributed by atoms with Crippen LogP contribution in [0.15, 0.2) is 0 Å². The van der Waals surface area contributed by atoms with Gasteiger partial charge in [0.1, 0.15) is 0 Å². The summed E-state index contributed by atoms with van der Waals surface area (Å²) in [6.45, 7) is 8.32. The highest BCUT2D eigenvalue weighted by atomic mass is 35.5. The first-order chi connectivity index (χ1) is 8.72. The number of thioether (sulfide) groups is 1. The minimum absolute atomic E-state index is 0. The van der Waals surface area contributed by atoms with Crippen molar-refractivity contribution >= 4 is 30.1 Å². The van der Waals surface area contributed by atoms with E-state index >= 15 is 0 Å². The number of carbonyl (C=O) groups excluding carboxylic acids is 1. The Morgan fingerprint density at radius 2 is 2.16 bits per heavy atom. The maximum absolute atomic E-state index is 12.5. The van der Waals surface area contributed by atoms with Gasteiger partial charge in [0.15, 0.2) is 0 Å². The quantitative estimate of drug-likeness (QED) is 0.865. The standard InChI is InChI=1S/C14H26N2OS.ClH/c1-3-18-13-6-4-5-7-16(10-13)14(17)11(2)12-8-15-9-12;/h11-13,15H,3-10H2,1-2H3;1H. The van der Waals surface area contributed by atoms with Crippen LogP contribution in [0.5, 0.6) is 0 Å². The van der Waals surface area contributed by atoms with Crippen molar-refractivity contribution in [3.8, 4) is 0 Å². The highest BCUT2D eigenvalue weighted by Gasteiger charge is 2.32. The number of halogens is 1. The van der Waals surface area contributed by atoms with Gasteiger partial charge in [-0.15, -0.1) is 12.4 Å². The Morgan fingerprint density at radius 1 is 1.42 bits per heavy atom. The third-order valence-electron chi connectivity index (χ3n) is 4.25. The second kappa shape index (κ2) is 8.38. The Bertz CT molecular complexity index is 287. The number of rotatable bonds is 4. The maximum Gasteiger partial charge on any atom is 0.225 e. The summed E-state index contributed by atoms with van der Waals surface area (Å²) in [7, 11) is 0. The molecule has 2 aliphatic rings. The summed E-state index contributed by atoms with van der Waals surface area (Å²) in [5.41, 5.74) is 0. The van der Waals surface area contributed by atoms with Crippen molar-refractivity contribution in [1.29, 1.82) is 0 Å². The predicted molar refractivity (Wildman–Crippen MR) is 85.1 cm³/mol. The largest absolute Gasteiger partial charge is 0.341 e. The summed E-state index contributed by atoms with van der Waals surface area (Å²) >= 11 is 2.02. The molecule has 0 bridgehead atoms. The van der Waals surface area contributed by atoms with Crippen molar-refractivity contribution in [1.82, 2.24) is 10.2 Å². The fourth-order valence-corrected chi connectivity index (χ4v) is 3.92. The minimum Gasteiger partial charge on any atom is -0.341 e. The molecule has 0 spiro atoms. The van der Waals surface area contributed by atoms with Gasteiger partial charge in [-0.2, -0.15) is 11.8 Å². The van der Waals surface area contributed by atoms with Gasteiger partial charge in [-0.25, -0.2) is 0 Å². The Hall–Kier alpha value is 0.0700. The van der Waals surface area contributed by atoms with Crippen LogP contribution in [0.25, 0.3) is 0 Å². The van der Waals surface area contributed by atoms with E-state index in [9.17, 15) is 4.79 Å². The highest BCUT2D eigenvalue weighted by molar-refractivity contribution is 7.99. The van der Waals surface area contributed by atoms with E-state index in [1.54, 1.807) is 0 Å². The monoisotopic (exact) mass is 306 g/mol. The molecule has 0 saturated carbocycles. The molecule has 5 heteroatoms. The van der Waals surface area contributed by atoms with Crippen LogP contribution in [0, 0.1) is 11.8 Å². The molecule has 2 saturated heterocycles. The molecule has 2 aliphatic heterocycles. The van der Waals surface area contributed by atoms with E-state index in [0.717, 1.165) is 31.9 Å². The molecular formula is C14H27ClN2OS. The lowest BCUT2D eigenvalue weighted by atomic mass is 9.88. The lowest BCUT2D eigenvalue weighted by Gasteiger charge is -2.35. The molecule has 1 N–H and O–H groups in total. The van der Waals surface area contributed by atoms with Crippen LogP contribution in [0.2, 0.25) is 0 Å². The number of likely N-dealkylation sites (tertiary alicyclic amines) is 1. The van der Waals surface area contributed by atoms with Gasteiger partial charge in [-0.1, -0.05) is 20.3 Å². The van der Waals surface area contributed by atoms with Gasteiger partial charge in [0.05, 0.1) is 0 Å². The number of nitrogens with one attached hydrogen (secondary N) is 1. The van der Waals surface area contributed by atoms with E-state index in [-0.39, 0.29) is 18.3 Å². The molecule has 2 fully saturated rings. The summed E-state index contributed by atoms with van der Waals surface area (Å²) in [6.07, 6.45) is 3.74. The van der Waals surface area contributed by atoms with Crippen LogP contribution >= 0.6 is 24.2 Å². The van der Waals surface area contributed by atoms with Gasteiger partial charge in [-0.05, 0) is 37.6 Å². The van der Waals surface area contributed by atoms with E-state index in [0.29, 0.717) is 17.1 Å². The number of hydrogen-bond acceptors (Lipinski definition) is 3. The summed E-state index contributed by atoms with van der Waals surface area (Å²) in [4.78, 5) is 14.7. The summed E-state index contributed by atoms with van der Waals surface area (Å²) in [5, 5.41) is 3.93. The third-order valence-corrected chi connectivity index (χ3v) is 5.44. The van der Waals surface area contributed by atoms with Crippen molar-refractivity contribution in [2.45, 2.75) is 38.4 Å². The molecule has 0 aromatic carbocycles. The zero-order chi connectivity index (χ0) is 13.0. The van der Waals surface area contributed by atoms with Crippen molar-refractivity contribution in [3.05, 3.63) is 0 Å². The lowest BCUT2D eigenvalue weighted by molar-refractivity contribution is -0.137. The molecule has 2 rings (SSSR count). The van der Waals surface area contributed by atoms with E-state index in [1.165, 1.54) is 19.3 Å². The molecule has 0 radical (unpaired) electrons. The Labute approximate surface area is 127 Å². The van der Waals surface area contributed by atoms with E-state index in [4.69, 9.17) is 0 Å². The fourth-order valence-electron chi connectivity index (χ4n) is 2.83. The first kappa shape index (κ1) is 17.1. The lowest BCUT2D eigenvalue weighted by Crippen LogP contribution is -2.51. The molecule has 19 heavy (non-hydrogen) atoms. The average Bonchev–Trinajstić information content (AvgIpc) is 2.52. The van der Waals surface area contributed by atoms with Crippen LogP contribution < -0.4 is 5.32 Å². The number of nitrogens with zero attached hydrogens (tertiary/aromatic N) is 1. The highest BCUT2D eigenvalue weighted by Crippen LogP contribution is 2.25. The minimum atomic E-state index is 0. The molecule has 112 valence electrons. The van der Waals surface area contributed by atoms with Gasteiger partial charge in [0, 0.05) is 24.3 Å².